The molecule has 1 aromatic heterocycles. The van der Waals surface area contributed by atoms with Gasteiger partial charge in [0.25, 0.3) is 11.8 Å². The Morgan fingerprint density at radius 1 is 1.17 bits per heavy atom. The molecule has 0 bridgehead atoms. The van der Waals surface area contributed by atoms with E-state index in [2.05, 4.69) is 5.32 Å². The number of imide groups is 1. The van der Waals surface area contributed by atoms with Gasteiger partial charge in [0.05, 0.1) is 6.26 Å². The van der Waals surface area contributed by atoms with Gasteiger partial charge in [0.1, 0.15) is 12.1 Å². The molecule has 3 fully saturated rings. The highest BCUT2D eigenvalue weighted by molar-refractivity contribution is 6.09. The molecule has 2 atom stereocenters. The molecule has 3 heterocycles. The first-order chi connectivity index (χ1) is 13.9. The van der Waals surface area contributed by atoms with Crippen LogP contribution >= 0.6 is 0 Å². The van der Waals surface area contributed by atoms with Crippen LogP contribution in [-0.4, -0.2) is 76.7 Å². The molecule has 1 saturated carbocycles. The van der Waals surface area contributed by atoms with Crippen LogP contribution in [0.25, 0.3) is 0 Å². The van der Waals surface area contributed by atoms with Crippen molar-refractivity contribution >= 4 is 23.8 Å². The molecule has 1 N–H and O–H groups in total. The smallest absolute Gasteiger partial charge is 0.325 e. The Kier molecular flexibility index (Phi) is 5.06. The zero-order chi connectivity index (χ0) is 20.6. The number of furan rings is 1. The number of rotatable bonds is 3. The molecule has 9 heteroatoms. The Labute approximate surface area is 169 Å². The molecule has 0 aromatic carbocycles. The van der Waals surface area contributed by atoms with E-state index in [1.54, 1.807) is 21.9 Å². The number of carbonyl (C=O) groups is 4. The third-order valence-corrected chi connectivity index (χ3v) is 6.45. The molecule has 0 unspecified atom stereocenters. The van der Waals surface area contributed by atoms with E-state index in [1.165, 1.54) is 6.26 Å². The third kappa shape index (κ3) is 3.38. The number of piperazine rings is 1. The summed E-state index contributed by atoms with van der Waals surface area (Å²) in [4.78, 5) is 54.8. The van der Waals surface area contributed by atoms with Crippen LogP contribution in [-0.2, 0) is 9.59 Å². The maximum absolute atomic E-state index is 13.0. The Morgan fingerprint density at radius 3 is 2.55 bits per heavy atom. The Balaban J connectivity index is 1.35. The van der Waals surface area contributed by atoms with Gasteiger partial charge >= 0.3 is 6.03 Å². The summed E-state index contributed by atoms with van der Waals surface area (Å²) in [6, 6.07) is 2.79. The Morgan fingerprint density at radius 2 is 1.90 bits per heavy atom. The standard InChI is InChI=1S/C20H26N4O5/c1-14-5-2-3-7-20(14)18(27)24(19(28)21-20)13-16(25)22-8-10-23(11-9-22)17(26)15-6-4-12-29-15/h4,6,12,14H,2-3,5,7-11,13H2,1H3,(H,21,28)/t14-,20+/m1/s1. The summed E-state index contributed by atoms with van der Waals surface area (Å²) in [5.74, 6) is -0.432. The number of hydrogen-bond acceptors (Lipinski definition) is 5. The van der Waals surface area contributed by atoms with Gasteiger partial charge in [-0.05, 0) is 30.9 Å². The van der Waals surface area contributed by atoms with Gasteiger partial charge in [0.2, 0.25) is 5.91 Å². The van der Waals surface area contributed by atoms with Crippen molar-refractivity contribution in [3.05, 3.63) is 24.2 Å². The highest BCUT2D eigenvalue weighted by Crippen LogP contribution is 2.38. The van der Waals surface area contributed by atoms with Crippen LogP contribution in [0.1, 0.15) is 43.2 Å². The minimum Gasteiger partial charge on any atom is -0.459 e. The van der Waals surface area contributed by atoms with Crippen molar-refractivity contribution in [2.24, 2.45) is 5.92 Å². The minimum absolute atomic E-state index is 0.0592. The van der Waals surface area contributed by atoms with Crippen molar-refractivity contribution in [2.45, 2.75) is 38.1 Å². The summed E-state index contributed by atoms with van der Waals surface area (Å²) in [6.45, 7) is 3.20. The van der Waals surface area contributed by atoms with E-state index in [0.29, 0.717) is 32.6 Å². The van der Waals surface area contributed by atoms with Crippen molar-refractivity contribution < 1.29 is 23.6 Å². The summed E-state index contributed by atoms with van der Waals surface area (Å²) in [5, 5.41) is 2.87. The van der Waals surface area contributed by atoms with Crippen molar-refractivity contribution in [3.8, 4) is 0 Å². The zero-order valence-corrected chi connectivity index (χ0v) is 16.6. The lowest BCUT2D eigenvalue weighted by atomic mass is 9.73. The molecule has 1 aromatic rings. The number of urea groups is 1. The van der Waals surface area contributed by atoms with Gasteiger partial charge in [-0.1, -0.05) is 19.8 Å². The molecule has 4 rings (SSSR count). The van der Waals surface area contributed by atoms with Gasteiger partial charge in [0, 0.05) is 26.2 Å². The molecular formula is C20H26N4O5. The SMILES string of the molecule is C[C@@H]1CCCC[C@]12NC(=O)N(CC(=O)N1CCN(C(=O)c3ccco3)CC1)C2=O. The fourth-order valence-corrected chi connectivity index (χ4v) is 4.59. The van der Waals surface area contributed by atoms with E-state index >= 15 is 0 Å². The monoisotopic (exact) mass is 402 g/mol. The second-order valence-corrected chi connectivity index (χ2v) is 8.09. The number of hydrogen-bond donors (Lipinski definition) is 1. The predicted molar refractivity (Wildman–Crippen MR) is 102 cm³/mol. The van der Waals surface area contributed by atoms with E-state index < -0.39 is 11.6 Å². The first kappa shape index (κ1) is 19.5. The van der Waals surface area contributed by atoms with Crippen LogP contribution in [0.5, 0.6) is 0 Å². The van der Waals surface area contributed by atoms with Gasteiger partial charge < -0.3 is 19.5 Å². The minimum atomic E-state index is -0.857. The Bertz CT molecular complexity index is 815. The van der Waals surface area contributed by atoms with Gasteiger partial charge in [0.15, 0.2) is 5.76 Å². The summed E-state index contributed by atoms with van der Waals surface area (Å²) >= 11 is 0. The number of amides is 5. The van der Waals surface area contributed by atoms with Crippen molar-refractivity contribution in [1.29, 1.82) is 0 Å². The van der Waals surface area contributed by atoms with Gasteiger partial charge in [-0.3, -0.25) is 19.3 Å². The molecule has 3 aliphatic rings. The van der Waals surface area contributed by atoms with Gasteiger partial charge in [-0.25, -0.2) is 4.79 Å². The molecule has 156 valence electrons. The second kappa shape index (κ2) is 7.53. The predicted octanol–water partition coefficient (Wildman–Crippen LogP) is 1.06. The number of carbonyl (C=O) groups excluding carboxylic acids is 4. The normalized spacial score (nSPS) is 27.5. The second-order valence-electron chi connectivity index (χ2n) is 8.09. The first-order valence-corrected chi connectivity index (χ1v) is 10.2. The van der Waals surface area contributed by atoms with E-state index in [9.17, 15) is 19.2 Å². The maximum atomic E-state index is 13.0. The summed E-state index contributed by atoms with van der Waals surface area (Å²) in [5.41, 5.74) is -0.857. The van der Waals surface area contributed by atoms with Crippen LogP contribution in [0.2, 0.25) is 0 Å². The average molecular weight is 402 g/mol. The summed E-state index contributed by atoms with van der Waals surface area (Å²) in [7, 11) is 0. The van der Waals surface area contributed by atoms with E-state index in [1.807, 2.05) is 6.92 Å². The summed E-state index contributed by atoms with van der Waals surface area (Å²) < 4.78 is 5.14. The fraction of sp³-hybridized carbons (Fsp3) is 0.600. The van der Waals surface area contributed by atoms with Crippen LogP contribution in [0.15, 0.2) is 22.8 Å². The first-order valence-electron chi connectivity index (χ1n) is 10.2. The van der Waals surface area contributed by atoms with E-state index in [-0.39, 0.29) is 35.9 Å². The molecule has 0 radical (unpaired) electrons. The molecule has 1 spiro atoms. The number of nitrogens with one attached hydrogen (secondary N) is 1. The quantitative estimate of drug-likeness (QED) is 0.762. The van der Waals surface area contributed by atoms with Gasteiger partial charge in [-0.15, -0.1) is 0 Å². The van der Waals surface area contributed by atoms with E-state index in [0.717, 1.165) is 24.2 Å². The third-order valence-electron chi connectivity index (χ3n) is 6.45. The molecule has 2 aliphatic heterocycles. The topological polar surface area (TPSA) is 103 Å². The van der Waals surface area contributed by atoms with Crippen molar-refractivity contribution in [1.82, 2.24) is 20.0 Å². The lowest BCUT2D eigenvalue weighted by molar-refractivity contribution is -0.141. The molecule has 5 amide bonds. The van der Waals surface area contributed by atoms with Crippen LogP contribution in [0, 0.1) is 5.92 Å². The number of nitrogens with zero attached hydrogens (tertiary/aromatic N) is 3. The molecule has 29 heavy (non-hydrogen) atoms. The van der Waals surface area contributed by atoms with Crippen LogP contribution in [0.3, 0.4) is 0 Å². The molecule has 1 aliphatic carbocycles. The molecular weight excluding hydrogens is 376 g/mol. The van der Waals surface area contributed by atoms with Crippen LogP contribution in [0.4, 0.5) is 4.79 Å². The molecule has 2 saturated heterocycles. The van der Waals surface area contributed by atoms with Crippen molar-refractivity contribution in [3.63, 3.8) is 0 Å². The highest BCUT2D eigenvalue weighted by Gasteiger charge is 2.55. The molecule has 9 nitrogen and oxygen atoms in total. The highest BCUT2D eigenvalue weighted by atomic mass is 16.3. The maximum Gasteiger partial charge on any atom is 0.325 e. The van der Waals surface area contributed by atoms with Crippen molar-refractivity contribution in [2.75, 3.05) is 32.7 Å². The van der Waals surface area contributed by atoms with Gasteiger partial charge in [-0.2, -0.15) is 0 Å². The summed E-state index contributed by atoms with van der Waals surface area (Å²) in [6.07, 6.45) is 4.90. The largest absolute Gasteiger partial charge is 0.459 e. The lowest BCUT2D eigenvalue weighted by Gasteiger charge is -2.37. The van der Waals surface area contributed by atoms with Crippen LogP contribution < -0.4 is 5.32 Å². The Hall–Kier alpha value is -2.84. The fourth-order valence-electron chi connectivity index (χ4n) is 4.59. The lowest BCUT2D eigenvalue weighted by Crippen LogP contribution is -2.55. The zero-order valence-electron chi connectivity index (χ0n) is 16.6. The van der Waals surface area contributed by atoms with E-state index in [4.69, 9.17) is 4.42 Å². The average Bonchev–Trinajstić information content (AvgIpc) is 3.34.